The lowest BCUT2D eigenvalue weighted by molar-refractivity contribution is 0.0882. The van der Waals surface area contributed by atoms with E-state index < -0.39 is 0 Å². The lowest BCUT2D eigenvalue weighted by Crippen LogP contribution is -2.22. The van der Waals surface area contributed by atoms with Crippen molar-refractivity contribution in [2.24, 2.45) is 128 Å². The van der Waals surface area contributed by atoms with Crippen LogP contribution in [-0.2, 0) is 43.8 Å². The van der Waals surface area contributed by atoms with Crippen LogP contribution >= 0.6 is 0 Å². The number of benzene rings is 1. The number of ether oxygens (including phenoxy) is 1. The molecule has 1 fully saturated rings. The van der Waals surface area contributed by atoms with Crippen LogP contribution in [0.2, 0.25) is 0 Å². The molecule has 0 saturated carbocycles. The molecule has 0 bridgehead atoms. The van der Waals surface area contributed by atoms with Crippen LogP contribution in [0, 0.1) is 71.0 Å². The highest BCUT2D eigenvalue weighted by Crippen LogP contribution is 2.32. The van der Waals surface area contributed by atoms with Gasteiger partial charge in [0.1, 0.15) is 28.7 Å². The van der Waals surface area contributed by atoms with Gasteiger partial charge in [-0.05, 0) is 172 Å². The van der Waals surface area contributed by atoms with E-state index in [0.717, 1.165) is 161 Å². The second-order valence-corrected chi connectivity index (χ2v) is 29.5. The number of hydrogen-bond donors (Lipinski definition) is 10. The van der Waals surface area contributed by atoms with E-state index in [2.05, 4.69) is 114 Å². The zero-order chi connectivity index (χ0) is 80.6. The van der Waals surface area contributed by atoms with E-state index in [-0.39, 0.29) is 58.3 Å². The van der Waals surface area contributed by atoms with E-state index in [4.69, 9.17) is 75.3 Å². The number of carbonyl (C=O) groups is 4. The van der Waals surface area contributed by atoms with Gasteiger partial charge in [0.05, 0.1) is 13.1 Å². The second-order valence-electron chi connectivity index (χ2n) is 29.5. The molecule has 19 nitrogen and oxygen atoms in total. The predicted molar refractivity (Wildman–Crippen MR) is 439 cm³/mol. The molecule has 0 aliphatic carbocycles. The number of Topliss-reactive ketones (excluding diaryl/α,β-unsaturated/α-hetero) is 4. The second kappa shape index (κ2) is 70.7. The van der Waals surface area contributed by atoms with E-state index in [1.807, 2.05) is 77.9 Å². The van der Waals surface area contributed by atoms with Crippen LogP contribution < -0.4 is 57.3 Å². The van der Waals surface area contributed by atoms with Gasteiger partial charge in [0.2, 0.25) is 11.6 Å². The molecule has 0 spiro atoms. The van der Waals surface area contributed by atoms with Gasteiger partial charge in [-0.1, -0.05) is 210 Å². The Labute approximate surface area is 629 Å². The molecular formula is C84H159N11O8. The summed E-state index contributed by atoms with van der Waals surface area (Å²) in [6, 6.07) is 22.3. The van der Waals surface area contributed by atoms with E-state index in [1.165, 1.54) is 25.5 Å². The number of pyridine rings is 1. The van der Waals surface area contributed by atoms with Gasteiger partial charge < -0.3 is 75.3 Å². The summed E-state index contributed by atoms with van der Waals surface area (Å²) in [4.78, 5) is 50.4. The molecule has 19 heteroatoms. The summed E-state index contributed by atoms with van der Waals surface area (Å²) in [7, 11) is 0. The highest BCUT2D eigenvalue weighted by molar-refractivity contribution is 6.00. The molecule has 2 unspecified atom stereocenters. The molecule has 103 heavy (non-hydrogen) atoms. The minimum Gasteiger partial charge on any atom is -0.466 e. The fourth-order valence-corrected chi connectivity index (χ4v) is 8.45. The summed E-state index contributed by atoms with van der Waals surface area (Å²) in [6.07, 6.45) is 11.8. The first-order valence-corrected chi connectivity index (χ1v) is 38.5. The third kappa shape index (κ3) is 63.4. The van der Waals surface area contributed by atoms with Crippen LogP contribution in [0.15, 0.2) is 92.2 Å². The van der Waals surface area contributed by atoms with Crippen molar-refractivity contribution in [3.8, 4) is 0 Å². The first-order valence-electron chi connectivity index (χ1n) is 38.5. The highest BCUT2D eigenvalue weighted by atomic mass is 16.5. The van der Waals surface area contributed by atoms with Crippen molar-refractivity contribution >= 4 is 23.1 Å². The number of nitrogens with zero attached hydrogens (tertiary/aromatic N) is 1. The summed E-state index contributed by atoms with van der Waals surface area (Å²) in [6.45, 7) is 58.2. The maximum Gasteiger partial charge on any atom is 0.200 e. The van der Waals surface area contributed by atoms with E-state index in [9.17, 15) is 19.2 Å². The molecular weight excluding hydrogens is 1290 g/mol. The van der Waals surface area contributed by atoms with E-state index in [0.29, 0.717) is 49.3 Å². The standard InChI is InChI=1S/C13H17NO2.C12H16O3.C12H20O.C10H20O.C8H12N2.C6H10N2O.C6H16N2.C5H14N2.2C4H10.2C2H7N/c1-8(2)12(15)10-5-6-11(14-7-10)13(16)9(3)4;1-7(2)11(13)9-5-6-10(15-9)12(14)8(3)4;1-9(2)7-11-5-6-12(13-11)8-10(3)4;1-7(2)9-5-11-6-10(9)8(3)4;9-5-7-1-2-8(6-10)4-3-7;7-3-5-1-2-6(4-8)9-5;7-5-3-1-2-4-6-8;6-4-2-1-3-5-7;2*1-4(2)3;2*1-2-3/h5-9H,1-4H3;5-8H,1-4H3;5-6,9-10H,7-8H2,1-4H3;7-10H,5-6H2,1-4H3;1-4H,5-6,9-10H2;1-2H,3-4,7-8H2;1-8H2;1-7H2;2*4H,1-3H3;2*2-3H2,1H3. The third-order valence-electron chi connectivity index (χ3n) is 14.0. The van der Waals surface area contributed by atoms with Crippen LogP contribution in [0.5, 0.6) is 0 Å². The topological polar surface area (TPSA) is 390 Å². The van der Waals surface area contributed by atoms with Crippen molar-refractivity contribution in [2.75, 3.05) is 52.5 Å². The Morgan fingerprint density at radius 3 is 0.893 bits per heavy atom. The number of furan rings is 3. The number of ketones is 4. The van der Waals surface area contributed by atoms with Crippen LogP contribution in [0.3, 0.4) is 0 Å². The quantitative estimate of drug-likeness (QED) is 0.0172. The van der Waals surface area contributed by atoms with Crippen LogP contribution in [0.25, 0.3) is 0 Å². The largest absolute Gasteiger partial charge is 0.466 e. The summed E-state index contributed by atoms with van der Waals surface area (Å²) in [5.41, 5.74) is 55.4. The monoisotopic (exact) mass is 1450 g/mol. The van der Waals surface area contributed by atoms with Gasteiger partial charge in [0.15, 0.2) is 23.1 Å². The molecule has 5 heterocycles. The fraction of sp³-hybridized carbons (Fsp3) is 0.679. The van der Waals surface area contributed by atoms with Crippen LogP contribution in [0.1, 0.15) is 287 Å². The van der Waals surface area contributed by atoms with Crippen molar-refractivity contribution < 1.29 is 37.2 Å². The van der Waals surface area contributed by atoms with Crippen molar-refractivity contribution in [2.45, 2.75) is 250 Å². The molecule has 0 amide bonds. The van der Waals surface area contributed by atoms with Crippen LogP contribution in [0.4, 0.5) is 0 Å². The Morgan fingerprint density at radius 1 is 0.369 bits per heavy atom. The smallest absolute Gasteiger partial charge is 0.200 e. The summed E-state index contributed by atoms with van der Waals surface area (Å²) < 4.78 is 21.6. The van der Waals surface area contributed by atoms with Gasteiger partial charge in [-0.15, -0.1) is 0 Å². The van der Waals surface area contributed by atoms with Crippen molar-refractivity contribution in [3.63, 3.8) is 0 Å². The van der Waals surface area contributed by atoms with Gasteiger partial charge in [-0.3, -0.25) is 24.2 Å². The lowest BCUT2D eigenvalue weighted by Gasteiger charge is -2.23. The zero-order valence-electron chi connectivity index (χ0n) is 69.8. The number of aromatic nitrogens is 1. The van der Waals surface area contributed by atoms with E-state index in [1.54, 1.807) is 52.0 Å². The number of unbranched alkanes of at least 4 members (excludes halogenated alkanes) is 5. The van der Waals surface area contributed by atoms with Crippen molar-refractivity contribution in [1.29, 1.82) is 0 Å². The molecule has 4 aromatic heterocycles. The molecule has 1 aliphatic rings. The summed E-state index contributed by atoms with van der Waals surface area (Å²) in [5.74, 6) is 10.1. The number of nitrogens with two attached hydrogens (primary N) is 10. The molecule has 6 rings (SSSR count). The fourth-order valence-electron chi connectivity index (χ4n) is 8.45. The molecule has 1 aromatic carbocycles. The van der Waals surface area contributed by atoms with Crippen molar-refractivity contribution in [3.05, 3.63) is 136 Å². The number of rotatable bonds is 27. The van der Waals surface area contributed by atoms with Gasteiger partial charge in [0.25, 0.3) is 0 Å². The Hall–Kier alpha value is -5.55. The molecule has 5 aromatic rings. The normalized spacial score (nSPS) is 12.5. The average Bonchev–Trinajstić information content (AvgIpc) is 1.84. The van der Waals surface area contributed by atoms with Gasteiger partial charge >= 0.3 is 0 Å². The van der Waals surface area contributed by atoms with Gasteiger partial charge in [0, 0.05) is 74.6 Å². The Morgan fingerprint density at radius 2 is 0.660 bits per heavy atom. The van der Waals surface area contributed by atoms with Crippen molar-refractivity contribution in [1.82, 2.24) is 4.98 Å². The highest BCUT2D eigenvalue weighted by Gasteiger charge is 2.32. The minimum absolute atomic E-state index is 0.00328. The SMILES string of the molecule is CC(C)C.CC(C)C.CC(C)C(=O)c1ccc(C(=O)C(C)C)nc1.CC(C)C(=O)c1ccc(C(=O)C(C)C)o1.CC(C)C1COCC1C(C)C.CC(C)Cc1ccc(CC(C)C)o1.CCN.CCN.NCCCCCCN.NCCCCCN.NCc1ccc(CN)cc1.NCc1ccc(CN)o1. The first kappa shape index (κ1) is 108. The number of carbonyl (C=O) groups excluding carboxylic acids is 4. The first-order chi connectivity index (χ1) is 48.4. The maximum absolute atomic E-state index is 11.6. The Balaban J connectivity index is -0.000000257. The molecule has 598 valence electrons. The van der Waals surface area contributed by atoms with Gasteiger partial charge in [-0.25, -0.2) is 0 Å². The third-order valence-corrected chi connectivity index (χ3v) is 14.0. The molecule has 20 N–H and O–H groups in total. The molecule has 1 aliphatic heterocycles. The lowest BCUT2D eigenvalue weighted by atomic mass is 9.80. The molecule has 2 atom stereocenters. The van der Waals surface area contributed by atoms with E-state index >= 15 is 0 Å². The Kier molecular flexibility index (Phi) is 74.5. The summed E-state index contributed by atoms with van der Waals surface area (Å²) >= 11 is 0. The van der Waals surface area contributed by atoms with Gasteiger partial charge in [-0.2, -0.15) is 0 Å². The minimum atomic E-state index is -0.113. The predicted octanol–water partition coefficient (Wildman–Crippen LogP) is 16.5. The average molecular weight is 1450 g/mol. The maximum atomic E-state index is 11.6. The molecule has 0 radical (unpaired) electrons. The number of hydrogen-bond acceptors (Lipinski definition) is 19. The Bertz CT molecular complexity index is 2520. The summed E-state index contributed by atoms with van der Waals surface area (Å²) in [5, 5.41) is 0. The zero-order valence-corrected chi connectivity index (χ0v) is 69.8. The van der Waals surface area contributed by atoms with Crippen LogP contribution in [-0.4, -0.2) is 80.6 Å². The molecule has 1 saturated heterocycles.